The van der Waals surface area contributed by atoms with Crippen molar-refractivity contribution in [2.45, 2.75) is 13.5 Å². The van der Waals surface area contributed by atoms with E-state index in [-0.39, 0.29) is 12.5 Å². The quantitative estimate of drug-likeness (QED) is 0.787. The lowest BCUT2D eigenvalue weighted by Gasteiger charge is -2.08. The van der Waals surface area contributed by atoms with E-state index in [4.69, 9.17) is 4.74 Å². The predicted octanol–water partition coefficient (Wildman–Crippen LogP) is 2.63. The first-order valence-corrected chi connectivity index (χ1v) is 7.36. The number of amides is 1. The Morgan fingerprint density at radius 2 is 1.78 bits per heavy atom. The SMILES string of the molecule is Cc1ccc(OCC(=O)NCc2ccc3nccnc3c2)cc1. The topological polar surface area (TPSA) is 64.1 Å². The van der Waals surface area contributed by atoms with Crippen LogP contribution in [0, 0.1) is 6.92 Å². The second-order valence-electron chi connectivity index (χ2n) is 5.26. The van der Waals surface area contributed by atoms with Gasteiger partial charge in [0, 0.05) is 18.9 Å². The summed E-state index contributed by atoms with van der Waals surface area (Å²) in [5.41, 5.74) is 3.78. The van der Waals surface area contributed by atoms with Crippen LogP contribution in [0.15, 0.2) is 54.9 Å². The molecule has 0 spiro atoms. The van der Waals surface area contributed by atoms with Crippen molar-refractivity contribution in [2.24, 2.45) is 0 Å². The Bertz CT molecular complexity index is 816. The van der Waals surface area contributed by atoms with E-state index in [1.807, 2.05) is 49.4 Å². The number of nitrogens with zero attached hydrogens (tertiary/aromatic N) is 2. The molecule has 2 aromatic carbocycles. The van der Waals surface area contributed by atoms with Gasteiger partial charge in [0.15, 0.2) is 6.61 Å². The average Bonchev–Trinajstić information content (AvgIpc) is 2.59. The summed E-state index contributed by atoms with van der Waals surface area (Å²) in [4.78, 5) is 20.3. The fraction of sp³-hybridized carbons (Fsp3) is 0.167. The molecule has 1 aromatic heterocycles. The van der Waals surface area contributed by atoms with E-state index < -0.39 is 0 Å². The summed E-state index contributed by atoms with van der Waals surface area (Å²) >= 11 is 0. The molecule has 5 heteroatoms. The van der Waals surface area contributed by atoms with Crippen LogP contribution in [0.25, 0.3) is 11.0 Å². The third-order valence-electron chi connectivity index (χ3n) is 3.41. The first kappa shape index (κ1) is 15.0. The van der Waals surface area contributed by atoms with E-state index in [0.29, 0.717) is 12.3 Å². The zero-order chi connectivity index (χ0) is 16.1. The average molecular weight is 307 g/mol. The first-order chi connectivity index (χ1) is 11.2. The standard InChI is InChI=1S/C18H17N3O2/c1-13-2-5-15(6-3-13)23-12-18(22)21-11-14-4-7-16-17(10-14)20-9-8-19-16/h2-10H,11-12H2,1H3,(H,21,22). The molecular weight excluding hydrogens is 290 g/mol. The van der Waals surface area contributed by atoms with Gasteiger partial charge in [-0.3, -0.25) is 14.8 Å². The Hall–Kier alpha value is -2.95. The number of aromatic nitrogens is 2. The highest BCUT2D eigenvalue weighted by molar-refractivity contribution is 5.78. The Kier molecular flexibility index (Phi) is 4.47. The number of ether oxygens (including phenoxy) is 1. The molecule has 3 rings (SSSR count). The summed E-state index contributed by atoms with van der Waals surface area (Å²) in [5.74, 6) is 0.525. The van der Waals surface area contributed by atoms with E-state index in [2.05, 4.69) is 15.3 Å². The third kappa shape index (κ3) is 4.03. The number of hydrogen-bond acceptors (Lipinski definition) is 4. The Morgan fingerprint density at radius 3 is 2.57 bits per heavy atom. The van der Waals surface area contributed by atoms with E-state index >= 15 is 0 Å². The van der Waals surface area contributed by atoms with Gasteiger partial charge in [0.25, 0.3) is 5.91 Å². The van der Waals surface area contributed by atoms with Gasteiger partial charge in [-0.25, -0.2) is 0 Å². The lowest BCUT2D eigenvalue weighted by molar-refractivity contribution is -0.123. The van der Waals surface area contributed by atoms with E-state index in [9.17, 15) is 4.79 Å². The van der Waals surface area contributed by atoms with E-state index in [0.717, 1.165) is 22.2 Å². The van der Waals surface area contributed by atoms with Crippen LogP contribution in [-0.4, -0.2) is 22.5 Å². The molecule has 0 aliphatic rings. The molecule has 0 bridgehead atoms. The minimum Gasteiger partial charge on any atom is -0.484 e. The summed E-state index contributed by atoms with van der Waals surface area (Å²) < 4.78 is 5.45. The maximum Gasteiger partial charge on any atom is 0.258 e. The zero-order valence-corrected chi connectivity index (χ0v) is 12.8. The molecule has 0 aliphatic heterocycles. The number of aryl methyl sites for hydroxylation is 1. The molecule has 1 amide bonds. The molecule has 0 saturated heterocycles. The first-order valence-electron chi connectivity index (χ1n) is 7.36. The molecule has 0 unspecified atom stereocenters. The van der Waals surface area contributed by atoms with Crippen LogP contribution in [-0.2, 0) is 11.3 Å². The predicted molar refractivity (Wildman–Crippen MR) is 88.1 cm³/mol. The van der Waals surface area contributed by atoms with Crippen LogP contribution in [0.5, 0.6) is 5.75 Å². The minimum absolute atomic E-state index is 0.00352. The molecule has 1 N–H and O–H groups in total. The van der Waals surface area contributed by atoms with Crippen LogP contribution in [0.3, 0.4) is 0 Å². The van der Waals surface area contributed by atoms with Crippen LogP contribution in [0.1, 0.15) is 11.1 Å². The molecule has 3 aromatic rings. The Morgan fingerprint density at radius 1 is 1.04 bits per heavy atom. The largest absolute Gasteiger partial charge is 0.484 e. The lowest BCUT2D eigenvalue weighted by atomic mass is 10.2. The number of hydrogen-bond donors (Lipinski definition) is 1. The summed E-state index contributed by atoms with van der Waals surface area (Å²) in [6, 6.07) is 13.3. The number of carbonyl (C=O) groups is 1. The molecule has 1 heterocycles. The highest BCUT2D eigenvalue weighted by Crippen LogP contribution is 2.12. The molecular formula is C18H17N3O2. The normalized spacial score (nSPS) is 10.5. The fourth-order valence-electron chi connectivity index (χ4n) is 2.15. The van der Waals surface area contributed by atoms with E-state index in [1.54, 1.807) is 12.4 Å². The maximum absolute atomic E-state index is 11.9. The van der Waals surface area contributed by atoms with Crippen LogP contribution in [0.4, 0.5) is 0 Å². The zero-order valence-electron chi connectivity index (χ0n) is 12.8. The molecule has 0 fully saturated rings. The number of nitrogens with one attached hydrogen (secondary N) is 1. The van der Waals surface area contributed by atoms with Gasteiger partial charge >= 0.3 is 0 Å². The van der Waals surface area contributed by atoms with Crippen LogP contribution in [0.2, 0.25) is 0 Å². The molecule has 0 atom stereocenters. The van der Waals surface area contributed by atoms with Gasteiger partial charge in [-0.15, -0.1) is 0 Å². The Balaban J connectivity index is 1.52. The fourth-order valence-corrected chi connectivity index (χ4v) is 2.15. The maximum atomic E-state index is 11.9. The van der Waals surface area contributed by atoms with Crippen molar-refractivity contribution in [3.8, 4) is 5.75 Å². The number of rotatable bonds is 5. The van der Waals surface area contributed by atoms with Crippen LogP contribution >= 0.6 is 0 Å². The second kappa shape index (κ2) is 6.87. The van der Waals surface area contributed by atoms with Gasteiger partial charge in [-0.1, -0.05) is 23.8 Å². The van der Waals surface area contributed by atoms with Gasteiger partial charge in [-0.05, 0) is 36.8 Å². The number of fused-ring (bicyclic) bond motifs is 1. The third-order valence-corrected chi connectivity index (χ3v) is 3.41. The molecule has 0 aliphatic carbocycles. The summed E-state index contributed by atoms with van der Waals surface area (Å²) in [6.45, 7) is 2.43. The minimum atomic E-state index is -0.162. The van der Waals surface area contributed by atoms with Crippen molar-refractivity contribution < 1.29 is 9.53 Å². The van der Waals surface area contributed by atoms with Crippen molar-refractivity contribution in [3.63, 3.8) is 0 Å². The summed E-state index contributed by atoms with van der Waals surface area (Å²) in [5, 5.41) is 2.83. The van der Waals surface area contributed by atoms with Crippen molar-refractivity contribution in [1.82, 2.24) is 15.3 Å². The van der Waals surface area contributed by atoms with Gasteiger partial charge in [-0.2, -0.15) is 0 Å². The summed E-state index contributed by atoms with van der Waals surface area (Å²) in [6.07, 6.45) is 3.31. The number of benzene rings is 2. The second-order valence-corrected chi connectivity index (χ2v) is 5.26. The van der Waals surface area contributed by atoms with Gasteiger partial charge in [0.1, 0.15) is 5.75 Å². The van der Waals surface area contributed by atoms with Crippen molar-refractivity contribution >= 4 is 16.9 Å². The van der Waals surface area contributed by atoms with Crippen molar-refractivity contribution in [1.29, 1.82) is 0 Å². The van der Waals surface area contributed by atoms with Crippen molar-refractivity contribution in [2.75, 3.05) is 6.61 Å². The molecule has 5 nitrogen and oxygen atoms in total. The highest BCUT2D eigenvalue weighted by atomic mass is 16.5. The smallest absolute Gasteiger partial charge is 0.258 e. The number of carbonyl (C=O) groups excluding carboxylic acids is 1. The van der Waals surface area contributed by atoms with Gasteiger partial charge < -0.3 is 10.1 Å². The van der Waals surface area contributed by atoms with Gasteiger partial charge in [0.2, 0.25) is 0 Å². The monoisotopic (exact) mass is 307 g/mol. The molecule has 23 heavy (non-hydrogen) atoms. The Labute approximate surface area is 134 Å². The molecule has 0 saturated carbocycles. The summed E-state index contributed by atoms with van der Waals surface area (Å²) in [7, 11) is 0. The lowest BCUT2D eigenvalue weighted by Crippen LogP contribution is -2.28. The van der Waals surface area contributed by atoms with Gasteiger partial charge in [0.05, 0.1) is 11.0 Å². The van der Waals surface area contributed by atoms with E-state index in [1.165, 1.54) is 0 Å². The molecule has 116 valence electrons. The van der Waals surface area contributed by atoms with Crippen molar-refractivity contribution in [3.05, 3.63) is 66.0 Å². The molecule has 0 radical (unpaired) electrons. The highest BCUT2D eigenvalue weighted by Gasteiger charge is 2.04. The van der Waals surface area contributed by atoms with Crippen LogP contribution < -0.4 is 10.1 Å².